The van der Waals surface area contributed by atoms with Gasteiger partial charge in [-0.3, -0.25) is 10.1 Å². The largest absolute Gasteiger partial charge is 0.367 e. The Morgan fingerprint density at radius 1 is 1.22 bits per heavy atom. The first kappa shape index (κ1) is 15.1. The highest BCUT2D eigenvalue weighted by Gasteiger charge is 2.13. The molecular weight excluding hydrogens is 292 g/mol. The zero-order valence-electron chi connectivity index (χ0n) is 12.9. The number of hydrogen-bond donors (Lipinski definition) is 1. The molecule has 1 aliphatic rings. The minimum absolute atomic E-state index is 0.0655. The lowest BCUT2D eigenvalue weighted by Crippen LogP contribution is -2.16. The Hall–Kier alpha value is -2.76. The van der Waals surface area contributed by atoms with Gasteiger partial charge in [0, 0.05) is 35.5 Å². The van der Waals surface area contributed by atoms with Crippen molar-refractivity contribution < 1.29 is 4.92 Å². The molecule has 3 rings (SSSR count). The van der Waals surface area contributed by atoms with Crippen molar-refractivity contribution >= 4 is 11.5 Å². The highest BCUT2D eigenvalue weighted by atomic mass is 16.6. The lowest BCUT2D eigenvalue weighted by Gasteiger charge is -2.14. The lowest BCUT2D eigenvalue weighted by molar-refractivity contribution is -0.384. The Morgan fingerprint density at radius 3 is 2.52 bits per heavy atom. The van der Waals surface area contributed by atoms with Crippen molar-refractivity contribution in [2.45, 2.75) is 32.2 Å². The SMILES string of the molecule is CCc1cc(NC2CC=CC2)nc(-c2ccc([N+](=O)[O-])cc2)n1. The van der Waals surface area contributed by atoms with E-state index in [1.54, 1.807) is 12.1 Å². The van der Waals surface area contributed by atoms with Crippen LogP contribution in [0, 0.1) is 10.1 Å². The third-order valence-electron chi connectivity index (χ3n) is 3.84. The fourth-order valence-corrected chi connectivity index (χ4v) is 2.56. The Kier molecular flexibility index (Phi) is 4.32. The van der Waals surface area contributed by atoms with Gasteiger partial charge in [-0.25, -0.2) is 9.97 Å². The zero-order chi connectivity index (χ0) is 16.2. The van der Waals surface area contributed by atoms with Crippen molar-refractivity contribution in [3.8, 4) is 11.4 Å². The molecule has 0 spiro atoms. The highest BCUT2D eigenvalue weighted by molar-refractivity contribution is 5.59. The highest BCUT2D eigenvalue weighted by Crippen LogP contribution is 2.23. The van der Waals surface area contributed by atoms with E-state index in [9.17, 15) is 10.1 Å². The van der Waals surface area contributed by atoms with Crippen LogP contribution < -0.4 is 5.32 Å². The number of non-ortho nitro benzene ring substituents is 1. The first-order valence-electron chi connectivity index (χ1n) is 7.70. The Morgan fingerprint density at radius 2 is 1.91 bits per heavy atom. The van der Waals surface area contributed by atoms with Crippen LogP contribution in [-0.2, 0) is 6.42 Å². The van der Waals surface area contributed by atoms with Gasteiger partial charge in [-0.15, -0.1) is 0 Å². The van der Waals surface area contributed by atoms with Crippen molar-refractivity contribution in [2.75, 3.05) is 5.32 Å². The van der Waals surface area contributed by atoms with Gasteiger partial charge in [0.2, 0.25) is 0 Å². The first-order valence-corrected chi connectivity index (χ1v) is 7.70. The summed E-state index contributed by atoms with van der Waals surface area (Å²) >= 11 is 0. The molecule has 2 aromatic rings. The summed E-state index contributed by atoms with van der Waals surface area (Å²) < 4.78 is 0. The number of nitro benzene ring substituents is 1. The molecule has 0 unspecified atom stereocenters. The second-order valence-electron chi connectivity index (χ2n) is 5.51. The predicted octanol–water partition coefficient (Wildman–Crippen LogP) is 3.74. The van der Waals surface area contributed by atoms with Crippen LogP contribution in [0.2, 0.25) is 0 Å². The summed E-state index contributed by atoms with van der Waals surface area (Å²) in [5.41, 5.74) is 1.79. The summed E-state index contributed by atoms with van der Waals surface area (Å²) in [6.45, 7) is 2.04. The molecule has 0 saturated heterocycles. The van der Waals surface area contributed by atoms with Crippen molar-refractivity contribution in [3.63, 3.8) is 0 Å². The molecule has 0 fully saturated rings. The van der Waals surface area contributed by atoms with Crippen molar-refractivity contribution in [2.24, 2.45) is 0 Å². The second-order valence-corrected chi connectivity index (χ2v) is 5.51. The van der Waals surface area contributed by atoms with Gasteiger partial charge in [0.05, 0.1) is 4.92 Å². The van der Waals surface area contributed by atoms with Crippen molar-refractivity contribution in [1.82, 2.24) is 9.97 Å². The molecule has 0 aliphatic heterocycles. The number of anilines is 1. The average Bonchev–Trinajstić information content (AvgIpc) is 3.07. The van der Waals surface area contributed by atoms with E-state index in [0.717, 1.165) is 36.3 Å². The molecule has 1 N–H and O–H groups in total. The van der Waals surface area contributed by atoms with Gasteiger partial charge in [-0.05, 0) is 31.4 Å². The molecule has 6 heteroatoms. The van der Waals surface area contributed by atoms with Crippen LogP contribution in [0.5, 0.6) is 0 Å². The standard InChI is InChI=1S/C17H18N4O2/c1-2-13-11-16(18-14-5-3-4-6-14)20-17(19-13)12-7-9-15(10-8-12)21(22)23/h3-4,7-11,14H,2,5-6H2,1H3,(H,18,19,20). The number of benzene rings is 1. The average molecular weight is 310 g/mol. The molecule has 1 heterocycles. The van der Waals surface area contributed by atoms with Crippen LogP contribution in [-0.4, -0.2) is 20.9 Å². The monoisotopic (exact) mass is 310 g/mol. The van der Waals surface area contributed by atoms with Gasteiger partial charge < -0.3 is 5.32 Å². The van der Waals surface area contributed by atoms with Crippen LogP contribution >= 0.6 is 0 Å². The van der Waals surface area contributed by atoms with E-state index >= 15 is 0 Å². The normalized spacial score (nSPS) is 14.1. The number of aryl methyl sites for hydroxylation is 1. The summed E-state index contributed by atoms with van der Waals surface area (Å²) in [5, 5.41) is 14.2. The maximum absolute atomic E-state index is 10.8. The smallest absolute Gasteiger partial charge is 0.269 e. The lowest BCUT2D eigenvalue weighted by atomic mass is 10.2. The maximum Gasteiger partial charge on any atom is 0.269 e. The van der Waals surface area contributed by atoms with Crippen LogP contribution in [0.15, 0.2) is 42.5 Å². The van der Waals surface area contributed by atoms with E-state index in [2.05, 4.69) is 27.4 Å². The Labute approximate surface area is 134 Å². The Bertz CT molecular complexity index is 733. The van der Waals surface area contributed by atoms with E-state index in [0.29, 0.717) is 11.9 Å². The van der Waals surface area contributed by atoms with Gasteiger partial charge in [0.15, 0.2) is 5.82 Å². The molecule has 0 atom stereocenters. The van der Waals surface area contributed by atoms with E-state index in [4.69, 9.17) is 0 Å². The minimum Gasteiger partial charge on any atom is -0.367 e. The van der Waals surface area contributed by atoms with Crippen LogP contribution in [0.1, 0.15) is 25.5 Å². The molecular formula is C17H18N4O2. The number of hydrogen-bond acceptors (Lipinski definition) is 5. The molecule has 1 aromatic heterocycles. The summed E-state index contributed by atoms with van der Waals surface area (Å²) in [4.78, 5) is 19.4. The molecule has 1 aromatic carbocycles. The minimum atomic E-state index is -0.410. The van der Waals surface area contributed by atoms with E-state index in [1.807, 2.05) is 13.0 Å². The quantitative estimate of drug-likeness (QED) is 0.517. The maximum atomic E-state index is 10.8. The van der Waals surface area contributed by atoms with Gasteiger partial charge >= 0.3 is 0 Å². The van der Waals surface area contributed by atoms with E-state index in [-0.39, 0.29) is 5.69 Å². The summed E-state index contributed by atoms with van der Waals surface area (Å²) in [7, 11) is 0. The summed E-state index contributed by atoms with van der Waals surface area (Å²) in [5.74, 6) is 1.40. The summed E-state index contributed by atoms with van der Waals surface area (Å²) in [6, 6.07) is 8.67. The first-order chi connectivity index (χ1) is 11.2. The molecule has 1 aliphatic carbocycles. The second kappa shape index (κ2) is 6.56. The van der Waals surface area contributed by atoms with Crippen molar-refractivity contribution in [1.29, 1.82) is 0 Å². The summed E-state index contributed by atoms with van der Waals surface area (Å²) in [6.07, 6.45) is 7.13. The predicted molar refractivity (Wildman–Crippen MR) is 89.3 cm³/mol. The van der Waals surface area contributed by atoms with Gasteiger partial charge in [0.1, 0.15) is 5.82 Å². The number of rotatable bonds is 5. The third-order valence-corrected chi connectivity index (χ3v) is 3.84. The topological polar surface area (TPSA) is 81.0 Å². The fraction of sp³-hybridized carbons (Fsp3) is 0.294. The third kappa shape index (κ3) is 3.53. The molecule has 23 heavy (non-hydrogen) atoms. The van der Waals surface area contributed by atoms with Crippen LogP contribution in [0.3, 0.4) is 0 Å². The molecule has 0 saturated carbocycles. The zero-order valence-corrected chi connectivity index (χ0v) is 12.9. The molecule has 0 radical (unpaired) electrons. The number of nitrogens with one attached hydrogen (secondary N) is 1. The van der Waals surface area contributed by atoms with Gasteiger partial charge in [0.25, 0.3) is 5.69 Å². The van der Waals surface area contributed by atoms with Crippen molar-refractivity contribution in [3.05, 3.63) is 58.3 Å². The molecule has 118 valence electrons. The number of aromatic nitrogens is 2. The Balaban J connectivity index is 1.89. The van der Waals surface area contributed by atoms with E-state index < -0.39 is 4.92 Å². The van der Waals surface area contributed by atoms with Gasteiger partial charge in [-0.2, -0.15) is 0 Å². The van der Waals surface area contributed by atoms with E-state index in [1.165, 1.54) is 12.1 Å². The number of nitro groups is 1. The van der Waals surface area contributed by atoms with Crippen LogP contribution in [0.25, 0.3) is 11.4 Å². The van der Waals surface area contributed by atoms with Crippen LogP contribution in [0.4, 0.5) is 11.5 Å². The molecule has 0 bridgehead atoms. The number of nitrogens with zero attached hydrogens (tertiary/aromatic N) is 3. The van der Waals surface area contributed by atoms with Gasteiger partial charge in [-0.1, -0.05) is 19.1 Å². The molecule has 0 amide bonds. The fourth-order valence-electron chi connectivity index (χ4n) is 2.56. The molecule has 6 nitrogen and oxygen atoms in total.